The van der Waals surface area contributed by atoms with Crippen molar-refractivity contribution in [3.8, 4) is 11.5 Å². The fourth-order valence-corrected chi connectivity index (χ4v) is 3.26. The van der Waals surface area contributed by atoms with E-state index in [2.05, 4.69) is 10.6 Å². The molecule has 0 fully saturated rings. The molecule has 2 N–H and O–H groups in total. The van der Waals surface area contributed by atoms with E-state index in [-0.39, 0.29) is 5.78 Å². The lowest BCUT2D eigenvalue weighted by atomic mass is 10.0. The number of rotatable bonds is 8. The molecule has 4 aromatic rings. The van der Waals surface area contributed by atoms with Crippen LogP contribution in [0.4, 0.5) is 22.7 Å². The lowest BCUT2D eigenvalue weighted by Crippen LogP contribution is -2.02. The van der Waals surface area contributed by atoms with Crippen LogP contribution < -0.4 is 20.1 Å². The summed E-state index contributed by atoms with van der Waals surface area (Å²) in [6.45, 7) is 0. The molecule has 5 nitrogen and oxygen atoms in total. The SMILES string of the molecule is COc1ccc(Nc2ccc(C(=O)c3ccc(Nc4ccc(OC)cc4)cc3)cc2)cc1. The topological polar surface area (TPSA) is 59.6 Å². The number of carbonyl (C=O) groups is 1. The molecule has 4 rings (SSSR count). The largest absolute Gasteiger partial charge is 0.497 e. The molecule has 0 aliphatic heterocycles. The molecule has 0 radical (unpaired) electrons. The Hall–Kier alpha value is -4.25. The second-order valence-electron chi connectivity index (χ2n) is 7.19. The van der Waals surface area contributed by atoms with Gasteiger partial charge in [0.05, 0.1) is 14.2 Å². The van der Waals surface area contributed by atoms with Crippen LogP contribution >= 0.6 is 0 Å². The van der Waals surface area contributed by atoms with Crippen LogP contribution in [0.2, 0.25) is 0 Å². The van der Waals surface area contributed by atoms with Crippen molar-refractivity contribution >= 4 is 28.5 Å². The van der Waals surface area contributed by atoms with Crippen LogP contribution in [0, 0.1) is 0 Å². The van der Waals surface area contributed by atoms with Crippen molar-refractivity contribution in [2.24, 2.45) is 0 Å². The Morgan fingerprint density at radius 2 is 0.781 bits per heavy atom. The van der Waals surface area contributed by atoms with Gasteiger partial charge in [-0.15, -0.1) is 0 Å². The molecule has 0 saturated carbocycles. The Morgan fingerprint density at radius 1 is 0.500 bits per heavy atom. The molecule has 0 aliphatic carbocycles. The molecular weight excluding hydrogens is 400 g/mol. The molecule has 32 heavy (non-hydrogen) atoms. The van der Waals surface area contributed by atoms with Gasteiger partial charge in [-0.1, -0.05) is 0 Å². The van der Waals surface area contributed by atoms with Gasteiger partial charge >= 0.3 is 0 Å². The molecule has 0 spiro atoms. The lowest BCUT2D eigenvalue weighted by Gasteiger charge is -2.09. The first-order chi connectivity index (χ1) is 15.6. The monoisotopic (exact) mass is 424 g/mol. The van der Waals surface area contributed by atoms with Crippen LogP contribution in [-0.4, -0.2) is 20.0 Å². The molecule has 0 bridgehead atoms. The van der Waals surface area contributed by atoms with Gasteiger partial charge in [-0.05, 0) is 97.1 Å². The summed E-state index contributed by atoms with van der Waals surface area (Å²) in [4.78, 5) is 12.9. The zero-order valence-corrected chi connectivity index (χ0v) is 18.0. The number of anilines is 4. The summed E-state index contributed by atoms with van der Waals surface area (Å²) in [5.41, 5.74) is 4.99. The molecule has 0 unspecified atom stereocenters. The third kappa shape index (κ3) is 5.08. The summed E-state index contributed by atoms with van der Waals surface area (Å²) >= 11 is 0. The lowest BCUT2D eigenvalue weighted by molar-refractivity contribution is 0.103. The van der Waals surface area contributed by atoms with Crippen molar-refractivity contribution in [1.82, 2.24) is 0 Å². The summed E-state index contributed by atoms with van der Waals surface area (Å²) in [6, 6.07) is 30.3. The molecular formula is C27H24N2O3. The normalized spacial score (nSPS) is 10.3. The Kier molecular flexibility index (Phi) is 6.37. The van der Waals surface area contributed by atoms with Crippen LogP contribution in [0.1, 0.15) is 15.9 Å². The molecule has 0 aromatic heterocycles. The highest BCUT2D eigenvalue weighted by Gasteiger charge is 2.09. The van der Waals surface area contributed by atoms with Crippen molar-refractivity contribution in [2.45, 2.75) is 0 Å². The van der Waals surface area contributed by atoms with Crippen LogP contribution in [0.15, 0.2) is 97.1 Å². The van der Waals surface area contributed by atoms with Crippen LogP contribution in [0.25, 0.3) is 0 Å². The van der Waals surface area contributed by atoms with E-state index in [0.29, 0.717) is 11.1 Å². The van der Waals surface area contributed by atoms with Gasteiger partial charge < -0.3 is 20.1 Å². The van der Waals surface area contributed by atoms with E-state index in [1.807, 2.05) is 97.1 Å². The van der Waals surface area contributed by atoms with Gasteiger partial charge in [0.1, 0.15) is 11.5 Å². The maximum absolute atomic E-state index is 12.9. The minimum atomic E-state index is -0.0167. The number of hydrogen-bond donors (Lipinski definition) is 2. The van der Waals surface area contributed by atoms with Gasteiger partial charge in [-0.25, -0.2) is 0 Å². The van der Waals surface area contributed by atoms with Crippen molar-refractivity contribution in [3.05, 3.63) is 108 Å². The number of hydrogen-bond acceptors (Lipinski definition) is 5. The van der Waals surface area contributed by atoms with Gasteiger partial charge in [0, 0.05) is 33.9 Å². The predicted octanol–water partition coefficient (Wildman–Crippen LogP) is 6.42. The first-order valence-corrected chi connectivity index (χ1v) is 10.2. The summed E-state index contributed by atoms with van der Waals surface area (Å²) in [5.74, 6) is 1.60. The molecule has 5 heteroatoms. The minimum Gasteiger partial charge on any atom is -0.497 e. The maximum atomic E-state index is 12.9. The van der Waals surface area contributed by atoms with E-state index in [1.54, 1.807) is 14.2 Å². The number of benzene rings is 4. The first kappa shape index (κ1) is 21.0. The number of methoxy groups -OCH3 is 2. The fraction of sp³-hybridized carbons (Fsp3) is 0.0741. The van der Waals surface area contributed by atoms with E-state index in [0.717, 1.165) is 34.2 Å². The fourth-order valence-electron chi connectivity index (χ4n) is 3.26. The van der Waals surface area contributed by atoms with Crippen molar-refractivity contribution < 1.29 is 14.3 Å². The van der Waals surface area contributed by atoms with E-state index >= 15 is 0 Å². The van der Waals surface area contributed by atoms with E-state index in [1.165, 1.54) is 0 Å². The molecule has 0 heterocycles. The number of nitrogens with one attached hydrogen (secondary N) is 2. The third-order valence-electron chi connectivity index (χ3n) is 5.05. The maximum Gasteiger partial charge on any atom is 0.193 e. The predicted molar refractivity (Wildman–Crippen MR) is 129 cm³/mol. The standard InChI is InChI=1S/C27H24N2O3/c1-31-25-15-11-23(12-16-25)28-21-7-3-19(4-8-21)27(30)20-5-9-22(10-6-20)29-24-13-17-26(32-2)18-14-24/h3-18,28-29H,1-2H3. The smallest absolute Gasteiger partial charge is 0.193 e. The molecule has 4 aromatic carbocycles. The summed E-state index contributed by atoms with van der Waals surface area (Å²) in [6.07, 6.45) is 0. The molecule has 0 saturated heterocycles. The van der Waals surface area contributed by atoms with E-state index in [4.69, 9.17) is 9.47 Å². The van der Waals surface area contributed by atoms with Gasteiger partial charge in [0.2, 0.25) is 0 Å². The Bertz CT molecular complexity index is 1070. The zero-order valence-electron chi connectivity index (χ0n) is 18.0. The Balaban J connectivity index is 1.39. The van der Waals surface area contributed by atoms with Crippen molar-refractivity contribution in [3.63, 3.8) is 0 Å². The molecule has 0 amide bonds. The quantitative estimate of drug-likeness (QED) is 0.320. The zero-order chi connectivity index (χ0) is 22.3. The van der Waals surface area contributed by atoms with Crippen LogP contribution in [0.5, 0.6) is 11.5 Å². The van der Waals surface area contributed by atoms with Gasteiger partial charge in [0.25, 0.3) is 0 Å². The Morgan fingerprint density at radius 3 is 1.06 bits per heavy atom. The highest BCUT2D eigenvalue weighted by atomic mass is 16.5. The highest BCUT2D eigenvalue weighted by Crippen LogP contribution is 2.23. The van der Waals surface area contributed by atoms with Gasteiger partial charge in [-0.2, -0.15) is 0 Å². The van der Waals surface area contributed by atoms with Gasteiger partial charge in [-0.3, -0.25) is 4.79 Å². The second-order valence-corrected chi connectivity index (χ2v) is 7.19. The second kappa shape index (κ2) is 9.71. The average Bonchev–Trinajstić information content (AvgIpc) is 2.85. The number of ketones is 1. The van der Waals surface area contributed by atoms with Crippen LogP contribution in [-0.2, 0) is 0 Å². The molecule has 0 atom stereocenters. The number of carbonyl (C=O) groups excluding carboxylic acids is 1. The number of ether oxygens (including phenoxy) is 2. The molecule has 160 valence electrons. The molecule has 0 aliphatic rings. The van der Waals surface area contributed by atoms with Crippen molar-refractivity contribution in [2.75, 3.05) is 24.9 Å². The average molecular weight is 425 g/mol. The van der Waals surface area contributed by atoms with Crippen LogP contribution in [0.3, 0.4) is 0 Å². The van der Waals surface area contributed by atoms with E-state index < -0.39 is 0 Å². The highest BCUT2D eigenvalue weighted by molar-refractivity contribution is 6.09. The van der Waals surface area contributed by atoms with E-state index in [9.17, 15) is 4.79 Å². The Labute approximate surface area is 187 Å². The summed E-state index contributed by atoms with van der Waals surface area (Å²) in [5, 5.41) is 6.63. The first-order valence-electron chi connectivity index (χ1n) is 10.2. The van der Waals surface area contributed by atoms with Crippen molar-refractivity contribution in [1.29, 1.82) is 0 Å². The minimum absolute atomic E-state index is 0.0167. The summed E-state index contributed by atoms with van der Waals surface area (Å²) < 4.78 is 10.4. The van der Waals surface area contributed by atoms with Gasteiger partial charge in [0.15, 0.2) is 5.78 Å². The summed E-state index contributed by atoms with van der Waals surface area (Å²) in [7, 11) is 3.28. The third-order valence-corrected chi connectivity index (χ3v) is 5.05.